The highest BCUT2D eigenvalue weighted by Gasteiger charge is 2.39. The Kier molecular flexibility index (Phi) is 5.23. The first-order valence-corrected chi connectivity index (χ1v) is 7.02. The van der Waals surface area contributed by atoms with Crippen molar-refractivity contribution < 1.29 is 36.6 Å². The molecule has 1 aliphatic carbocycles. The summed E-state index contributed by atoms with van der Waals surface area (Å²) < 4.78 is 72.8. The van der Waals surface area contributed by atoms with Crippen molar-refractivity contribution in [2.24, 2.45) is 11.8 Å². The van der Waals surface area contributed by atoms with E-state index in [0.29, 0.717) is 6.42 Å². The van der Waals surface area contributed by atoms with Gasteiger partial charge < -0.3 is 9.84 Å². The lowest BCUT2D eigenvalue weighted by Crippen LogP contribution is -2.22. The van der Waals surface area contributed by atoms with Gasteiger partial charge in [-0.05, 0) is 25.2 Å². The zero-order valence-electron chi connectivity index (χ0n) is 12.2. The van der Waals surface area contributed by atoms with E-state index < -0.39 is 58.4 Å². The number of ether oxygens (including phenoxy) is 1. The van der Waals surface area contributed by atoms with E-state index in [4.69, 9.17) is 9.84 Å². The molecule has 23 heavy (non-hydrogen) atoms. The van der Waals surface area contributed by atoms with Crippen LogP contribution in [-0.2, 0) is 9.53 Å². The van der Waals surface area contributed by atoms with Crippen LogP contribution in [0.15, 0.2) is 0 Å². The second-order valence-corrected chi connectivity index (χ2v) is 5.65. The van der Waals surface area contributed by atoms with Crippen LogP contribution in [0.3, 0.4) is 0 Å². The van der Waals surface area contributed by atoms with Gasteiger partial charge in [-0.1, -0.05) is 0 Å². The Hall–Kier alpha value is -1.70. The molecule has 1 aliphatic rings. The second kappa shape index (κ2) is 6.82. The number of aliphatic carboxylic acids is 1. The molecule has 128 valence electrons. The van der Waals surface area contributed by atoms with Gasteiger partial charge in [-0.25, -0.2) is 22.0 Å². The van der Waals surface area contributed by atoms with Gasteiger partial charge in [0, 0.05) is 18.6 Å². The maximum Gasteiger partial charge on any atom is 0.306 e. The Labute approximate surface area is 129 Å². The predicted octanol–water partition coefficient (Wildman–Crippen LogP) is 3.61. The van der Waals surface area contributed by atoms with Crippen LogP contribution in [0.25, 0.3) is 0 Å². The molecule has 0 saturated heterocycles. The second-order valence-electron chi connectivity index (χ2n) is 5.65. The standard InChI is InChI=1S/C15H15F5O3/c1-23-5-8(6-2-3-7(4-6)15(21)22)9-10(16)12(18)14(20)13(19)11(9)17/h6-8H,2-5H2,1H3,(H,21,22). The van der Waals surface area contributed by atoms with Gasteiger partial charge in [0.2, 0.25) is 5.82 Å². The van der Waals surface area contributed by atoms with Crippen molar-refractivity contribution in [3.05, 3.63) is 34.6 Å². The van der Waals surface area contributed by atoms with Crippen LogP contribution in [0.2, 0.25) is 0 Å². The van der Waals surface area contributed by atoms with Crippen molar-refractivity contribution in [1.82, 2.24) is 0 Å². The monoisotopic (exact) mass is 338 g/mol. The molecule has 0 bridgehead atoms. The fraction of sp³-hybridized carbons (Fsp3) is 0.533. The topological polar surface area (TPSA) is 46.5 Å². The van der Waals surface area contributed by atoms with E-state index >= 15 is 0 Å². The largest absolute Gasteiger partial charge is 0.481 e. The number of carboxylic acid groups (broad SMARTS) is 1. The average molecular weight is 338 g/mol. The number of carboxylic acids is 1. The summed E-state index contributed by atoms with van der Waals surface area (Å²) in [6, 6.07) is 0. The van der Waals surface area contributed by atoms with E-state index in [1.165, 1.54) is 7.11 Å². The minimum absolute atomic E-state index is 0.100. The highest BCUT2D eigenvalue weighted by Crippen LogP contribution is 2.43. The molecule has 0 aliphatic heterocycles. The molecule has 1 aromatic carbocycles. The molecule has 1 N–H and O–H groups in total. The summed E-state index contributed by atoms with van der Waals surface area (Å²) in [6.45, 7) is -0.268. The summed E-state index contributed by atoms with van der Waals surface area (Å²) in [5.74, 6) is -13.4. The van der Waals surface area contributed by atoms with E-state index in [1.54, 1.807) is 0 Å². The molecule has 2 rings (SSSR count). The molecular formula is C15H15F5O3. The summed E-state index contributed by atoms with van der Waals surface area (Å²) in [5.41, 5.74) is -0.931. The number of rotatable bonds is 5. The maximum absolute atomic E-state index is 14.0. The smallest absolute Gasteiger partial charge is 0.306 e. The lowest BCUT2D eigenvalue weighted by Gasteiger charge is -2.24. The van der Waals surface area contributed by atoms with E-state index in [1.807, 2.05) is 0 Å². The molecule has 0 aromatic heterocycles. The van der Waals surface area contributed by atoms with E-state index in [0.717, 1.165) is 0 Å². The third-order valence-electron chi connectivity index (χ3n) is 4.35. The number of halogens is 5. The van der Waals surface area contributed by atoms with Crippen LogP contribution in [0.5, 0.6) is 0 Å². The maximum atomic E-state index is 14.0. The SMILES string of the molecule is COCC(c1c(F)c(F)c(F)c(F)c1F)C1CCC(C(=O)O)C1. The van der Waals surface area contributed by atoms with Gasteiger partial charge in [-0.2, -0.15) is 0 Å². The van der Waals surface area contributed by atoms with Crippen molar-refractivity contribution in [3.8, 4) is 0 Å². The third-order valence-corrected chi connectivity index (χ3v) is 4.35. The Morgan fingerprint density at radius 2 is 1.61 bits per heavy atom. The Balaban J connectivity index is 2.45. The molecule has 3 nitrogen and oxygen atoms in total. The van der Waals surface area contributed by atoms with Gasteiger partial charge >= 0.3 is 5.97 Å². The molecule has 0 heterocycles. The van der Waals surface area contributed by atoms with Crippen molar-refractivity contribution in [1.29, 1.82) is 0 Å². The Bertz CT molecular complexity index is 591. The summed E-state index contributed by atoms with van der Waals surface area (Å²) >= 11 is 0. The van der Waals surface area contributed by atoms with Crippen LogP contribution in [0, 0.1) is 40.9 Å². The van der Waals surface area contributed by atoms with Gasteiger partial charge in [0.15, 0.2) is 23.3 Å². The van der Waals surface area contributed by atoms with Gasteiger partial charge in [0.05, 0.1) is 12.5 Å². The molecule has 0 amide bonds. The number of hydrogen-bond acceptors (Lipinski definition) is 2. The lowest BCUT2D eigenvalue weighted by molar-refractivity contribution is -0.141. The number of carbonyl (C=O) groups is 1. The fourth-order valence-corrected chi connectivity index (χ4v) is 3.19. The molecule has 8 heteroatoms. The van der Waals surface area contributed by atoms with E-state index in [2.05, 4.69) is 0 Å². The van der Waals surface area contributed by atoms with E-state index in [9.17, 15) is 26.7 Å². The number of hydrogen-bond donors (Lipinski definition) is 1. The molecule has 1 aromatic rings. The van der Waals surface area contributed by atoms with Crippen molar-refractivity contribution in [2.75, 3.05) is 13.7 Å². The fourth-order valence-electron chi connectivity index (χ4n) is 3.19. The van der Waals surface area contributed by atoms with Crippen LogP contribution in [0.4, 0.5) is 22.0 Å². The highest BCUT2D eigenvalue weighted by molar-refractivity contribution is 5.70. The minimum atomic E-state index is -2.21. The van der Waals surface area contributed by atoms with Crippen LogP contribution < -0.4 is 0 Å². The Morgan fingerprint density at radius 1 is 1.09 bits per heavy atom. The zero-order chi connectivity index (χ0) is 17.3. The van der Waals surface area contributed by atoms with Crippen LogP contribution in [0.1, 0.15) is 30.7 Å². The van der Waals surface area contributed by atoms with Crippen LogP contribution >= 0.6 is 0 Å². The minimum Gasteiger partial charge on any atom is -0.481 e. The van der Waals surface area contributed by atoms with Crippen molar-refractivity contribution in [3.63, 3.8) is 0 Å². The Morgan fingerprint density at radius 3 is 2.04 bits per heavy atom. The molecule has 1 fully saturated rings. The zero-order valence-corrected chi connectivity index (χ0v) is 12.2. The summed E-state index contributed by atoms with van der Waals surface area (Å²) in [7, 11) is 1.24. The number of methoxy groups -OCH3 is 1. The molecule has 3 atom stereocenters. The summed E-state index contributed by atoms with van der Waals surface area (Å²) in [6.07, 6.45) is 0.697. The number of benzene rings is 1. The average Bonchev–Trinajstić information content (AvgIpc) is 3.00. The summed E-state index contributed by atoms with van der Waals surface area (Å²) in [5, 5.41) is 9.00. The molecular weight excluding hydrogens is 323 g/mol. The molecule has 3 unspecified atom stereocenters. The lowest BCUT2D eigenvalue weighted by atomic mass is 9.84. The predicted molar refractivity (Wildman–Crippen MR) is 69.3 cm³/mol. The summed E-state index contributed by atoms with van der Waals surface area (Å²) in [4.78, 5) is 11.0. The van der Waals surface area contributed by atoms with Gasteiger partial charge in [-0.15, -0.1) is 0 Å². The third kappa shape index (κ3) is 3.17. The normalized spacial score (nSPS) is 22.3. The van der Waals surface area contributed by atoms with Gasteiger partial charge in [0.25, 0.3) is 0 Å². The first-order valence-electron chi connectivity index (χ1n) is 7.02. The van der Waals surface area contributed by atoms with Gasteiger partial charge in [-0.3, -0.25) is 4.79 Å². The van der Waals surface area contributed by atoms with Crippen molar-refractivity contribution >= 4 is 5.97 Å². The first kappa shape index (κ1) is 17.7. The first-order chi connectivity index (χ1) is 10.8. The molecule has 0 spiro atoms. The van der Waals surface area contributed by atoms with Crippen LogP contribution in [-0.4, -0.2) is 24.8 Å². The van der Waals surface area contributed by atoms with Gasteiger partial charge in [0.1, 0.15) is 0 Å². The highest BCUT2D eigenvalue weighted by atomic mass is 19.2. The molecule has 0 radical (unpaired) electrons. The quantitative estimate of drug-likeness (QED) is 0.507. The van der Waals surface area contributed by atoms with Crippen molar-refractivity contribution in [2.45, 2.75) is 25.2 Å². The molecule has 1 saturated carbocycles. The van der Waals surface area contributed by atoms with E-state index in [-0.39, 0.29) is 19.4 Å².